The Morgan fingerprint density at radius 3 is 2.67 bits per heavy atom. The number of hydrogen-bond acceptors (Lipinski definition) is 3. The van der Waals surface area contributed by atoms with Gasteiger partial charge in [0.25, 0.3) is 0 Å². The molecule has 104 valence electrons. The van der Waals surface area contributed by atoms with Crippen LogP contribution in [0.15, 0.2) is 0 Å². The van der Waals surface area contributed by atoms with Gasteiger partial charge in [0.05, 0.1) is 0 Å². The van der Waals surface area contributed by atoms with Crippen LogP contribution in [-0.2, 0) is 9.59 Å². The van der Waals surface area contributed by atoms with Crippen molar-refractivity contribution in [1.29, 1.82) is 0 Å². The second-order valence-corrected chi connectivity index (χ2v) is 4.87. The summed E-state index contributed by atoms with van der Waals surface area (Å²) >= 11 is 0. The van der Waals surface area contributed by atoms with E-state index in [2.05, 4.69) is 16.0 Å². The molecule has 0 aromatic heterocycles. The number of carbonyl (C=O) groups excluding carboxylic acids is 2. The minimum Gasteiger partial charge on any atom is -0.356 e. The molecule has 0 spiro atoms. The van der Waals surface area contributed by atoms with Crippen LogP contribution in [0.3, 0.4) is 0 Å². The maximum atomic E-state index is 11.6. The lowest BCUT2D eigenvalue weighted by Crippen LogP contribution is -2.35. The first-order valence-corrected chi connectivity index (χ1v) is 6.96. The predicted octanol–water partition coefficient (Wildman–Crippen LogP) is 0.409. The van der Waals surface area contributed by atoms with Gasteiger partial charge in [-0.2, -0.15) is 0 Å². The number of hydrogen-bond donors (Lipinski definition) is 3. The minimum atomic E-state index is 0.0106. The third-order valence-corrected chi connectivity index (χ3v) is 3.12. The Morgan fingerprint density at radius 2 is 2.00 bits per heavy atom. The Balaban J connectivity index is 2.04. The summed E-state index contributed by atoms with van der Waals surface area (Å²) in [6.07, 6.45) is 4.15. The summed E-state index contributed by atoms with van der Waals surface area (Å²) in [7, 11) is 0. The van der Waals surface area contributed by atoms with Gasteiger partial charge in [0.15, 0.2) is 0 Å². The molecule has 1 atom stereocenters. The van der Waals surface area contributed by atoms with Crippen molar-refractivity contribution >= 4 is 11.8 Å². The average molecular weight is 255 g/mol. The van der Waals surface area contributed by atoms with Gasteiger partial charge in [-0.05, 0) is 38.3 Å². The van der Waals surface area contributed by atoms with Gasteiger partial charge in [-0.25, -0.2) is 0 Å². The molecule has 1 unspecified atom stereocenters. The molecule has 5 nitrogen and oxygen atoms in total. The molecule has 0 radical (unpaired) electrons. The van der Waals surface area contributed by atoms with E-state index in [-0.39, 0.29) is 11.8 Å². The summed E-state index contributed by atoms with van der Waals surface area (Å²) < 4.78 is 0. The molecule has 5 heteroatoms. The SMILES string of the molecule is CCCNC(=O)CCNC(=O)CC1CCCNC1. The van der Waals surface area contributed by atoms with Gasteiger partial charge in [0, 0.05) is 25.9 Å². The highest BCUT2D eigenvalue weighted by Crippen LogP contribution is 2.13. The van der Waals surface area contributed by atoms with E-state index < -0.39 is 0 Å². The standard InChI is InChI=1S/C13H25N3O2/c1-2-6-15-12(17)5-8-16-13(18)9-11-4-3-7-14-10-11/h11,14H,2-10H2,1H3,(H,15,17)(H,16,18). The highest BCUT2D eigenvalue weighted by Gasteiger charge is 2.16. The van der Waals surface area contributed by atoms with E-state index in [0.29, 0.717) is 31.8 Å². The zero-order chi connectivity index (χ0) is 13.2. The van der Waals surface area contributed by atoms with Gasteiger partial charge in [0.2, 0.25) is 11.8 Å². The van der Waals surface area contributed by atoms with Gasteiger partial charge in [-0.3, -0.25) is 9.59 Å². The summed E-state index contributed by atoms with van der Waals surface area (Å²) in [6.45, 7) is 5.16. The largest absolute Gasteiger partial charge is 0.356 e. The van der Waals surface area contributed by atoms with Crippen molar-refractivity contribution < 1.29 is 9.59 Å². The van der Waals surface area contributed by atoms with Crippen molar-refractivity contribution in [3.63, 3.8) is 0 Å². The molecular weight excluding hydrogens is 230 g/mol. The van der Waals surface area contributed by atoms with Gasteiger partial charge >= 0.3 is 0 Å². The summed E-state index contributed by atoms with van der Waals surface area (Å²) in [4.78, 5) is 22.9. The van der Waals surface area contributed by atoms with E-state index in [0.717, 1.165) is 32.4 Å². The Bertz CT molecular complexity index is 263. The molecule has 3 N–H and O–H groups in total. The zero-order valence-corrected chi connectivity index (χ0v) is 11.3. The topological polar surface area (TPSA) is 70.2 Å². The normalized spacial score (nSPS) is 19.3. The Morgan fingerprint density at radius 1 is 1.22 bits per heavy atom. The maximum absolute atomic E-state index is 11.6. The molecule has 2 amide bonds. The van der Waals surface area contributed by atoms with Crippen LogP contribution < -0.4 is 16.0 Å². The third-order valence-electron chi connectivity index (χ3n) is 3.12. The van der Waals surface area contributed by atoms with E-state index in [9.17, 15) is 9.59 Å². The zero-order valence-electron chi connectivity index (χ0n) is 11.3. The first-order chi connectivity index (χ1) is 8.72. The smallest absolute Gasteiger partial charge is 0.221 e. The van der Waals surface area contributed by atoms with Crippen molar-refractivity contribution in [2.24, 2.45) is 5.92 Å². The Hall–Kier alpha value is -1.10. The first kappa shape index (κ1) is 15.0. The highest BCUT2D eigenvalue weighted by atomic mass is 16.2. The van der Waals surface area contributed by atoms with Crippen LogP contribution in [0.25, 0.3) is 0 Å². The molecule has 0 saturated carbocycles. The molecule has 18 heavy (non-hydrogen) atoms. The molecule has 0 aromatic carbocycles. The van der Waals surface area contributed by atoms with E-state index in [4.69, 9.17) is 0 Å². The van der Waals surface area contributed by atoms with Gasteiger partial charge in [-0.1, -0.05) is 6.92 Å². The quantitative estimate of drug-likeness (QED) is 0.617. The van der Waals surface area contributed by atoms with Gasteiger partial charge < -0.3 is 16.0 Å². The summed E-state index contributed by atoms with van der Waals surface area (Å²) in [5.41, 5.74) is 0. The number of piperidine rings is 1. The molecule has 1 saturated heterocycles. The van der Waals surface area contributed by atoms with Crippen molar-refractivity contribution in [2.45, 2.75) is 39.0 Å². The van der Waals surface area contributed by atoms with E-state index in [1.54, 1.807) is 0 Å². The molecule has 1 rings (SSSR count). The molecule has 1 fully saturated rings. The van der Waals surface area contributed by atoms with Crippen molar-refractivity contribution in [3.8, 4) is 0 Å². The molecule has 0 bridgehead atoms. The molecular formula is C13H25N3O2. The van der Waals surface area contributed by atoms with E-state index in [1.807, 2.05) is 6.92 Å². The second kappa shape index (κ2) is 8.91. The number of amides is 2. The fourth-order valence-electron chi connectivity index (χ4n) is 2.10. The fraction of sp³-hybridized carbons (Fsp3) is 0.846. The maximum Gasteiger partial charge on any atom is 0.221 e. The van der Waals surface area contributed by atoms with Crippen LogP contribution in [0.1, 0.15) is 39.0 Å². The predicted molar refractivity (Wildman–Crippen MR) is 71.1 cm³/mol. The highest BCUT2D eigenvalue weighted by molar-refractivity contribution is 5.79. The summed E-state index contributed by atoms with van der Waals surface area (Å²) in [5.74, 6) is 0.524. The van der Waals surface area contributed by atoms with Crippen LogP contribution in [0.4, 0.5) is 0 Å². The van der Waals surface area contributed by atoms with Crippen LogP contribution in [0.2, 0.25) is 0 Å². The lowest BCUT2D eigenvalue weighted by atomic mass is 9.96. The van der Waals surface area contributed by atoms with Crippen molar-refractivity contribution in [3.05, 3.63) is 0 Å². The minimum absolute atomic E-state index is 0.0106. The van der Waals surface area contributed by atoms with E-state index >= 15 is 0 Å². The Kier molecular flexibility index (Phi) is 7.41. The number of rotatable bonds is 7. The van der Waals surface area contributed by atoms with Crippen LogP contribution in [0, 0.1) is 5.92 Å². The van der Waals surface area contributed by atoms with Crippen molar-refractivity contribution in [1.82, 2.24) is 16.0 Å². The van der Waals surface area contributed by atoms with E-state index in [1.165, 1.54) is 0 Å². The average Bonchev–Trinajstić information content (AvgIpc) is 2.37. The molecule has 1 aliphatic heterocycles. The summed E-state index contributed by atoms with van der Waals surface area (Å²) in [6, 6.07) is 0. The number of nitrogens with one attached hydrogen (secondary N) is 3. The second-order valence-electron chi connectivity index (χ2n) is 4.87. The monoisotopic (exact) mass is 255 g/mol. The first-order valence-electron chi connectivity index (χ1n) is 6.96. The van der Waals surface area contributed by atoms with Gasteiger partial charge in [0.1, 0.15) is 0 Å². The lowest BCUT2D eigenvalue weighted by molar-refractivity contribution is -0.123. The molecule has 0 aromatic rings. The third kappa shape index (κ3) is 6.59. The van der Waals surface area contributed by atoms with Gasteiger partial charge in [-0.15, -0.1) is 0 Å². The molecule has 0 aliphatic carbocycles. The van der Waals surface area contributed by atoms with Crippen molar-refractivity contribution in [2.75, 3.05) is 26.2 Å². The molecule has 1 aliphatic rings. The van der Waals surface area contributed by atoms with Crippen LogP contribution in [0.5, 0.6) is 0 Å². The molecule has 1 heterocycles. The summed E-state index contributed by atoms with van der Waals surface area (Å²) in [5, 5.41) is 8.89. The van der Waals surface area contributed by atoms with Crippen LogP contribution >= 0.6 is 0 Å². The number of carbonyl (C=O) groups is 2. The fourth-order valence-corrected chi connectivity index (χ4v) is 2.10. The van der Waals surface area contributed by atoms with Crippen LogP contribution in [-0.4, -0.2) is 38.0 Å². The lowest BCUT2D eigenvalue weighted by Gasteiger charge is -2.22. The Labute approximate surface area is 109 Å².